The molecular formula is C15H31N3. The second kappa shape index (κ2) is 6.88. The maximum absolute atomic E-state index is 3.78. The quantitative estimate of drug-likeness (QED) is 0.780. The van der Waals surface area contributed by atoms with Crippen molar-refractivity contribution in [2.75, 3.05) is 33.7 Å². The molecule has 18 heavy (non-hydrogen) atoms. The monoisotopic (exact) mass is 253 g/mol. The van der Waals surface area contributed by atoms with Crippen LogP contribution < -0.4 is 5.32 Å². The Labute approximate surface area is 113 Å². The second-order valence-corrected chi connectivity index (χ2v) is 6.53. The minimum absolute atomic E-state index is 0.693. The first-order valence-corrected chi connectivity index (χ1v) is 7.80. The summed E-state index contributed by atoms with van der Waals surface area (Å²) in [6.07, 6.45) is 8.41. The minimum Gasteiger partial charge on any atom is -0.312 e. The van der Waals surface area contributed by atoms with E-state index in [1.54, 1.807) is 0 Å². The van der Waals surface area contributed by atoms with Crippen molar-refractivity contribution >= 4 is 0 Å². The van der Waals surface area contributed by atoms with E-state index in [1.165, 1.54) is 58.2 Å². The van der Waals surface area contributed by atoms with Crippen molar-refractivity contribution in [3.05, 3.63) is 0 Å². The SMILES string of the molecule is CC(CNC1CCCC1)N1CCCC1CN(C)C. The number of likely N-dealkylation sites (N-methyl/N-ethyl adjacent to an activating group) is 1. The third kappa shape index (κ3) is 3.94. The van der Waals surface area contributed by atoms with Crippen LogP contribution in [0, 0.1) is 0 Å². The molecule has 2 atom stereocenters. The van der Waals surface area contributed by atoms with Crippen LogP contribution in [0.5, 0.6) is 0 Å². The van der Waals surface area contributed by atoms with Crippen LogP contribution in [0.3, 0.4) is 0 Å². The average molecular weight is 253 g/mol. The van der Waals surface area contributed by atoms with Crippen LogP contribution in [0.15, 0.2) is 0 Å². The van der Waals surface area contributed by atoms with E-state index in [0.717, 1.165) is 12.1 Å². The number of nitrogens with zero attached hydrogens (tertiary/aromatic N) is 2. The van der Waals surface area contributed by atoms with E-state index in [0.29, 0.717) is 6.04 Å². The lowest BCUT2D eigenvalue weighted by molar-refractivity contribution is 0.157. The number of hydrogen-bond donors (Lipinski definition) is 1. The van der Waals surface area contributed by atoms with Crippen molar-refractivity contribution in [1.29, 1.82) is 0 Å². The summed E-state index contributed by atoms with van der Waals surface area (Å²) in [5.74, 6) is 0. The van der Waals surface area contributed by atoms with Gasteiger partial charge in [0.15, 0.2) is 0 Å². The molecule has 1 aliphatic carbocycles. The summed E-state index contributed by atoms with van der Waals surface area (Å²) in [6.45, 7) is 6.09. The minimum atomic E-state index is 0.693. The highest BCUT2D eigenvalue weighted by molar-refractivity contribution is 4.86. The van der Waals surface area contributed by atoms with Crippen LogP contribution in [-0.2, 0) is 0 Å². The zero-order chi connectivity index (χ0) is 13.0. The van der Waals surface area contributed by atoms with Gasteiger partial charge in [0.1, 0.15) is 0 Å². The highest BCUT2D eigenvalue weighted by Crippen LogP contribution is 2.21. The molecule has 1 aliphatic heterocycles. The van der Waals surface area contributed by atoms with Gasteiger partial charge in [0.05, 0.1) is 0 Å². The fourth-order valence-electron chi connectivity index (χ4n) is 3.64. The normalized spacial score (nSPS) is 28.3. The summed E-state index contributed by atoms with van der Waals surface area (Å²) >= 11 is 0. The fraction of sp³-hybridized carbons (Fsp3) is 1.00. The smallest absolute Gasteiger partial charge is 0.0226 e. The Morgan fingerprint density at radius 2 is 1.89 bits per heavy atom. The van der Waals surface area contributed by atoms with Gasteiger partial charge in [-0.3, -0.25) is 4.90 Å². The van der Waals surface area contributed by atoms with Crippen molar-refractivity contribution in [2.45, 2.75) is 63.6 Å². The Bertz CT molecular complexity index is 236. The van der Waals surface area contributed by atoms with E-state index in [1.807, 2.05) is 0 Å². The molecule has 0 bridgehead atoms. The van der Waals surface area contributed by atoms with E-state index >= 15 is 0 Å². The summed E-state index contributed by atoms with van der Waals surface area (Å²) in [7, 11) is 4.38. The lowest BCUT2D eigenvalue weighted by atomic mass is 10.1. The van der Waals surface area contributed by atoms with Crippen LogP contribution in [0.2, 0.25) is 0 Å². The van der Waals surface area contributed by atoms with E-state index in [-0.39, 0.29) is 0 Å². The molecule has 2 aliphatic rings. The maximum Gasteiger partial charge on any atom is 0.0226 e. The van der Waals surface area contributed by atoms with E-state index in [4.69, 9.17) is 0 Å². The van der Waals surface area contributed by atoms with Crippen LogP contribution >= 0.6 is 0 Å². The molecule has 2 fully saturated rings. The molecule has 1 saturated heterocycles. The lowest BCUT2D eigenvalue weighted by Gasteiger charge is -2.33. The number of hydrogen-bond acceptors (Lipinski definition) is 3. The highest BCUT2D eigenvalue weighted by Gasteiger charge is 2.29. The molecule has 2 rings (SSSR count). The van der Waals surface area contributed by atoms with Gasteiger partial charge in [0.25, 0.3) is 0 Å². The van der Waals surface area contributed by atoms with Crippen molar-refractivity contribution < 1.29 is 0 Å². The summed E-state index contributed by atoms with van der Waals surface area (Å²) in [5, 5.41) is 3.78. The Kier molecular flexibility index (Phi) is 5.46. The van der Waals surface area contributed by atoms with E-state index in [9.17, 15) is 0 Å². The highest BCUT2D eigenvalue weighted by atomic mass is 15.2. The Morgan fingerprint density at radius 3 is 2.56 bits per heavy atom. The fourth-order valence-corrected chi connectivity index (χ4v) is 3.64. The van der Waals surface area contributed by atoms with Gasteiger partial charge in [0, 0.05) is 31.2 Å². The van der Waals surface area contributed by atoms with Crippen molar-refractivity contribution in [1.82, 2.24) is 15.1 Å². The van der Waals surface area contributed by atoms with Gasteiger partial charge in [-0.2, -0.15) is 0 Å². The third-order valence-corrected chi connectivity index (χ3v) is 4.62. The average Bonchev–Trinajstić information content (AvgIpc) is 2.95. The standard InChI is InChI=1S/C15H31N3/c1-13(11-16-14-7-4-5-8-14)18-10-6-9-15(18)12-17(2)3/h13-16H,4-12H2,1-3H3. The van der Waals surface area contributed by atoms with Gasteiger partial charge in [-0.15, -0.1) is 0 Å². The Morgan fingerprint density at radius 1 is 1.17 bits per heavy atom. The van der Waals surface area contributed by atoms with Gasteiger partial charge in [0.2, 0.25) is 0 Å². The molecule has 3 nitrogen and oxygen atoms in total. The summed E-state index contributed by atoms with van der Waals surface area (Å²) in [4.78, 5) is 5.06. The van der Waals surface area contributed by atoms with Gasteiger partial charge in [-0.05, 0) is 53.2 Å². The lowest BCUT2D eigenvalue weighted by Crippen LogP contribution is -2.47. The zero-order valence-electron chi connectivity index (χ0n) is 12.5. The van der Waals surface area contributed by atoms with Gasteiger partial charge in [-0.1, -0.05) is 12.8 Å². The predicted molar refractivity (Wildman–Crippen MR) is 78.0 cm³/mol. The largest absolute Gasteiger partial charge is 0.312 e. The maximum atomic E-state index is 3.78. The zero-order valence-corrected chi connectivity index (χ0v) is 12.5. The Hall–Kier alpha value is -0.120. The van der Waals surface area contributed by atoms with E-state index < -0.39 is 0 Å². The topological polar surface area (TPSA) is 18.5 Å². The molecular weight excluding hydrogens is 222 g/mol. The Balaban J connectivity index is 1.74. The van der Waals surface area contributed by atoms with Gasteiger partial charge in [-0.25, -0.2) is 0 Å². The molecule has 0 aromatic rings. The van der Waals surface area contributed by atoms with Gasteiger partial charge < -0.3 is 10.2 Å². The number of nitrogens with one attached hydrogen (secondary N) is 1. The third-order valence-electron chi connectivity index (χ3n) is 4.62. The van der Waals surface area contributed by atoms with Crippen LogP contribution in [0.25, 0.3) is 0 Å². The molecule has 0 amide bonds. The first kappa shape index (κ1) is 14.3. The van der Waals surface area contributed by atoms with Crippen molar-refractivity contribution in [3.8, 4) is 0 Å². The summed E-state index contributed by atoms with van der Waals surface area (Å²) < 4.78 is 0. The number of rotatable bonds is 6. The van der Waals surface area contributed by atoms with Crippen molar-refractivity contribution in [2.24, 2.45) is 0 Å². The first-order valence-electron chi connectivity index (χ1n) is 7.80. The molecule has 1 N–H and O–H groups in total. The van der Waals surface area contributed by atoms with Crippen LogP contribution in [0.4, 0.5) is 0 Å². The molecule has 106 valence electrons. The molecule has 0 spiro atoms. The second-order valence-electron chi connectivity index (χ2n) is 6.53. The summed E-state index contributed by atoms with van der Waals surface area (Å²) in [6, 6.07) is 2.28. The number of likely N-dealkylation sites (tertiary alicyclic amines) is 1. The molecule has 2 unspecified atom stereocenters. The molecule has 1 heterocycles. The molecule has 0 radical (unpaired) electrons. The van der Waals surface area contributed by atoms with Gasteiger partial charge >= 0.3 is 0 Å². The molecule has 3 heteroatoms. The van der Waals surface area contributed by atoms with Crippen LogP contribution in [0.1, 0.15) is 45.4 Å². The molecule has 0 aromatic heterocycles. The summed E-state index contributed by atoms with van der Waals surface area (Å²) in [5.41, 5.74) is 0. The van der Waals surface area contributed by atoms with Crippen molar-refractivity contribution in [3.63, 3.8) is 0 Å². The molecule has 1 saturated carbocycles. The molecule has 0 aromatic carbocycles. The van der Waals surface area contributed by atoms with E-state index in [2.05, 4.69) is 36.1 Å². The van der Waals surface area contributed by atoms with Crippen LogP contribution in [-0.4, -0.2) is 61.7 Å². The predicted octanol–water partition coefficient (Wildman–Crippen LogP) is 1.93. The first-order chi connectivity index (χ1) is 8.66.